The fourth-order valence-electron chi connectivity index (χ4n) is 3.72. The number of aliphatic hydroxyl groups excluding tert-OH is 1. The summed E-state index contributed by atoms with van der Waals surface area (Å²) in [7, 11) is 0. The molecule has 19 heavy (non-hydrogen) atoms. The monoisotopic (exact) mass is 324 g/mol. The fourth-order valence-corrected chi connectivity index (χ4v) is 4.10. The maximum absolute atomic E-state index is 10.5. The zero-order valence-electron chi connectivity index (χ0n) is 11.5. The Labute approximate surface area is 123 Å². The Morgan fingerprint density at radius 3 is 2.95 bits per heavy atom. The van der Waals surface area contributed by atoms with Crippen molar-refractivity contribution in [2.24, 2.45) is 11.8 Å². The first kappa shape index (κ1) is 13.4. The lowest BCUT2D eigenvalue weighted by Crippen LogP contribution is -2.50. The van der Waals surface area contributed by atoms with E-state index in [4.69, 9.17) is 4.74 Å². The van der Waals surface area contributed by atoms with Crippen LogP contribution in [0.1, 0.15) is 51.2 Å². The van der Waals surface area contributed by atoms with E-state index >= 15 is 0 Å². The lowest BCUT2D eigenvalue weighted by atomic mass is 9.67. The van der Waals surface area contributed by atoms with Gasteiger partial charge >= 0.3 is 0 Å². The van der Waals surface area contributed by atoms with Crippen LogP contribution < -0.4 is 4.74 Å². The average molecular weight is 325 g/mol. The summed E-state index contributed by atoms with van der Waals surface area (Å²) < 4.78 is 7.38. The highest BCUT2D eigenvalue weighted by molar-refractivity contribution is 9.10. The highest BCUT2D eigenvalue weighted by Crippen LogP contribution is 2.50. The Morgan fingerprint density at radius 1 is 1.37 bits per heavy atom. The SMILES string of the molecule is CC1CCCC2(C[C@H](O)c3cc(Br)ccc3O2)C1C. The predicted octanol–water partition coefficient (Wildman–Crippen LogP) is 4.46. The molecular formula is C16H21BrO2. The van der Waals surface area contributed by atoms with Gasteiger partial charge in [-0.15, -0.1) is 0 Å². The first-order valence-corrected chi connectivity index (χ1v) is 7.98. The molecule has 0 amide bonds. The van der Waals surface area contributed by atoms with Gasteiger partial charge in [-0.2, -0.15) is 0 Å². The van der Waals surface area contributed by atoms with Gasteiger partial charge in [-0.05, 0) is 42.9 Å². The molecule has 3 heteroatoms. The van der Waals surface area contributed by atoms with Crippen molar-refractivity contribution in [1.29, 1.82) is 0 Å². The standard InChI is InChI=1S/C16H21BrO2/c1-10-4-3-7-16(11(10)2)9-14(18)13-8-12(17)5-6-15(13)19-16/h5-6,8,10-11,14,18H,3-4,7,9H2,1-2H3/t10?,11?,14-,16?/m0/s1. The molecule has 1 aromatic rings. The minimum atomic E-state index is -0.408. The molecule has 0 bridgehead atoms. The molecule has 1 fully saturated rings. The number of aliphatic hydroxyl groups is 1. The zero-order valence-corrected chi connectivity index (χ0v) is 13.1. The third kappa shape index (κ3) is 2.21. The van der Waals surface area contributed by atoms with Crippen molar-refractivity contribution in [3.8, 4) is 5.75 Å². The van der Waals surface area contributed by atoms with E-state index in [-0.39, 0.29) is 5.60 Å². The molecule has 4 atom stereocenters. The van der Waals surface area contributed by atoms with Gasteiger partial charge in [0.05, 0.1) is 6.10 Å². The average Bonchev–Trinajstić information content (AvgIpc) is 2.37. The molecule has 0 saturated heterocycles. The van der Waals surface area contributed by atoms with Crippen LogP contribution in [0.25, 0.3) is 0 Å². The molecule has 2 aliphatic rings. The van der Waals surface area contributed by atoms with Gasteiger partial charge in [-0.1, -0.05) is 36.2 Å². The number of hydrogen-bond acceptors (Lipinski definition) is 2. The van der Waals surface area contributed by atoms with Crippen LogP contribution in [0.3, 0.4) is 0 Å². The molecule has 3 unspecified atom stereocenters. The molecule has 1 aromatic carbocycles. The predicted molar refractivity (Wildman–Crippen MR) is 79.3 cm³/mol. The van der Waals surface area contributed by atoms with Gasteiger partial charge in [0.1, 0.15) is 11.4 Å². The van der Waals surface area contributed by atoms with Crippen molar-refractivity contribution in [3.05, 3.63) is 28.2 Å². The normalized spacial score (nSPS) is 37.8. The summed E-state index contributed by atoms with van der Waals surface area (Å²) in [5, 5.41) is 10.5. The second kappa shape index (κ2) is 4.78. The van der Waals surface area contributed by atoms with Crippen molar-refractivity contribution in [3.63, 3.8) is 0 Å². The third-order valence-electron chi connectivity index (χ3n) is 5.13. The van der Waals surface area contributed by atoms with E-state index in [9.17, 15) is 5.11 Å². The Balaban J connectivity index is 1.98. The number of halogens is 1. The van der Waals surface area contributed by atoms with Crippen molar-refractivity contribution < 1.29 is 9.84 Å². The molecular weight excluding hydrogens is 304 g/mol. The van der Waals surface area contributed by atoms with Crippen LogP contribution in [0.5, 0.6) is 5.75 Å². The zero-order chi connectivity index (χ0) is 13.6. The first-order chi connectivity index (χ1) is 9.02. The summed E-state index contributed by atoms with van der Waals surface area (Å²) in [6, 6.07) is 5.95. The van der Waals surface area contributed by atoms with Crippen molar-refractivity contribution in [2.75, 3.05) is 0 Å². The molecule has 0 radical (unpaired) electrons. The van der Waals surface area contributed by atoms with Crippen LogP contribution in [-0.4, -0.2) is 10.7 Å². The largest absolute Gasteiger partial charge is 0.486 e. The Morgan fingerprint density at radius 2 is 2.16 bits per heavy atom. The highest BCUT2D eigenvalue weighted by atomic mass is 79.9. The van der Waals surface area contributed by atoms with E-state index in [2.05, 4.69) is 29.8 Å². The molecule has 1 spiro atoms. The highest BCUT2D eigenvalue weighted by Gasteiger charge is 2.48. The van der Waals surface area contributed by atoms with Crippen LogP contribution >= 0.6 is 15.9 Å². The van der Waals surface area contributed by atoms with Gasteiger partial charge in [-0.3, -0.25) is 0 Å². The van der Waals surface area contributed by atoms with E-state index in [0.29, 0.717) is 11.8 Å². The summed E-state index contributed by atoms with van der Waals surface area (Å²) in [6.07, 6.45) is 3.85. The molecule has 0 aromatic heterocycles. The second-order valence-electron chi connectivity index (χ2n) is 6.23. The summed E-state index contributed by atoms with van der Waals surface area (Å²) in [5.74, 6) is 2.02. The number of benzene rings is 1. The molecule has 2 nitrogen and oxygen atoms in total. The summed E-state index contributed by atoms with van der Waals surface area (Å²) in [5.41, 5.74) is 0.753. The van der Waals surface area contributed by atoms with E-state index in [1.165, 1.54) is 12.8 Å². The topological polar surface area (TPSA) is 29.5 Å². The van der Waals surface area contributed by atoms with E-state index in [1.54, 1.807) is 0 Å². The molecule has 1 N–H and O–H groups in total. The summed E-state index contributed by atoms with van der Waals surface area (Å²) >= 11 is 3.46. The number of hydrogen-bond donors (Lipinski definition) is 1. The fraction of sp³-hybridized carbons (Fsp3) is 0.625. The summed E-state index contributed by atoms with van der Waals surface area (Å²) in [6.45, 7) is 4.58. The molecule has 1 aliphatic carbocycles. The van der Waals surface area contributed by atoms with Gasteiger partial charge in [0, 0.05) is 16.5 Å². The van der Waals surface area contributed by atoms with E-state index in [0.717, 1.165) is 28.6 Å². The number of rotatable bonds is 0. The molecule has 104 valence electrons. The Bertz CT molecular complexity index is 488. The third-order valence-corrected chi connectivity index (χ3v) is 5.62. The quantitative estimate of drug-likeness (QED) is 0.763. The molecule has 1 aliphatic heterocycles. The first-order valence-electron chi connectivity index (χ1n) is 7.18. The van der Waals surface area contributed by atoms with Gasteiger partial charge in [0.2, 0.25) is 0 Å². The van der Waals surface area contributed by atoms with Crippen LogP contribution in [0.4, 0.5) is 0 Å². The van der Waals surface area contributed by atoms with E-state index < -0.39 is 6.10 Å². The molecule has 3 rings (SSSR count). The van der Waals surface area contributed by atoms with Gasteiger partial charge in [0.25, 0.3) is 0 Å². The van der Waals surface area contributed by atoms with Crippen molar-refractivity contribution >= 4 is 15.9 Å². The summed E-state index contributed by atoms with van der Waals surface area (Å²) in [4.78, 5) is 0. The van der Waals surface area contributed by atoms with Crippen LogP contribution in [0.15, 0.2) is 22.7 Å². The van der Waals surface area contributed by atoms with Crippen LogP contribution in [0, 0.1) is 11.8 Å². The van der Waals surface area contributed by atoms with Crippen molar-refractivity contribution in [2.45, 2.75) is 51.2 Å². The van der Waals surface area contributed by atoms with Crippen LogP contribution in [-0.2, 0) is 0 Å². The lowest BCUT2D eigenvalue weighted by Gasteiger charge is -2.49. The minimum absolute atomic E-state index is 0.169. The maximum atomic E-state index is 10.5. The number of fused-ring (bicyclic) bond motifs is 1. The molecule has 1 heterocycles. The van der Waals surface area contributed by atoms with Crippen molar-refractivity contribution in [1.82, 2.24) is 0 Å². The Kier molecular flexibility index (Phi) is 3.38. The van der Waals surface area contributed by atoms with Gasteiger partial charge in [-0.25, -0.2) is 0 Å². The van der Waals surface area contributed by atoms with E-state index in [1.807, 2.05) is 18.2 Å². The lowest BCUT2D eigenvalue weighted by molar-refractivity contribution is -0.0879. The number of ether oxygens (including phenoxy) is 1. The Hall–Kier alpha value is -0.540. The minimum Gasteiger partial charge on any atom is -0.486 e. The smallest absolute Gasteiger partial charge is 0.126 e. The van der Waals surface area contributed by atoms with Gasteiger partial charge < -0.3 is 9.84 Å². The molecule has 1 saturated carbocycles. The van der Waals surface area contributed by atoms with Crippen LogP contribution in [0.2, 0.25) is 0 Å². The second-order valence-corrected chi connectivity index (χ2v) is 7.14. The van der Waals surface area contributed by atoms with Gasteiger partial charge in [0.15, 0.2) is 0 Å². The maximum Gasteiger partial charge on any atom is 0.126 e.